The lowest BCUT2D eigenvalue weighted by molar-refractivity contribution is 0.0919. The summed E-state index contributed by atoms with van der Waals surface area (Å²) in [4.78, 5) is 12.4. The fraction of sp³-hybridized carbons (Fsp3) is 0.316. The van der Waals surface area contributed by atoms with Crippen molar-refractivity contribution in [2.45, 2.75) is 36.7 Å². The molecular formula is C19H22FN3O3S. The van der Waals surface area contributed by atoms with Gasteiger partial charge in [0.1, 0.15) is 5.82 Å². The lowest BCUT2D eigenvalue weighted by atomic mass is 9.99. The molecule has 2 unspecified atom stereocenters. The highest BCUT2D eigenvalue weighted by Crippen LogP contribution is 2.20. The van der Waals surface area contributed by atoms with E-state index < -0.39 is 15.8 Å². The Hall–Kier alpha value is -2.45. The number of rotatable bonds is 5. The van der Waals surface area contributed by atoms with E-state index in [0.29, 0.717) is 0 Å². The smallest absolute Gasteiger partial charge is 0.262 e. The summed E-state index contributed by atoms with van der Waals surface area (Å²) >= 11 is 0. The largest absolute Gasteiger partial charge is 0.348 e. The zero-order valence-electron chi connectivity index (χ0n) is 14.9. The van der Waals surface area contributed by atoms with Crippen LogP contribution in [0.3, 0.4) is 0 Å². The average molecular weight is 391 g/mol. The van der Waals surface area contributed by atoms with Crippen molar-refractivity contribution in [3.05, 3.63) is 59.9 Å². The fourth-order valence-corrected chi connectivity index (χ4v) is 4.16. The van der Waals surface area contributed by atoms with E-state index in [4.69, 9.17) is 0 Å². The third-order valence-electron chi connectivity index (χ3n) is 4.60. The van der Waals surface area contributed by atoms with Crippen molar-refractivity contribution in [1.29, 1.82) is 0 Å². The summed E-state index contributed by atoms with van der Waals surface area (Å²) in [5, 5.41) is 6.25. The van der Waals surface area contributed by atoms with Crippen LogP contribution in [0.4, 0.5) is 10.1 Å². The van der Waals surface area contributed by atoms with E-state index in [-0.39, 0.29) is 34.1 Å². The zero-order valence-corrected chi connectivity index (χ0v) is 15.7. The van der Waals surface area contributed by atoms with Crippen molar-refractivity contribution < 1.29 is 17.6 Å². The Kier molecular flexibility index (Phi) is 5.76. The molecule has 3 N–H and O–H groups in total. The molecule has 6 nitrogen and oxygen atoms in total. The van der Waals surface area contributed by atoms with Gasteiger partial charge in [-0.15, -0.1) is 0 Å². The van der Waals surface area contributed by atoms with Gasteiger partial charge in [0, 0.05) is 17.6 Å². The van der Waals surface area contributed by atoms with Gasteiger partial charge in [-0.25, -0.2) is 12.8 Å². The minimum Gasteiger partial charge on any atom is -0.348 e. The van der Waals surface area contributed by atoms with Gasteiger partial charge in [-0.3, -0.25) is 9.52 Å². The summed E-state index contributed by atoms with van der Waals surface area (Å²) in [6, 6.07) is 11.3. The first-order chi connectivity index (χ1) is 12.9. The summed E-state index contributed by atoms with van der Waals surface area (Å²) in [7, 11) is -4.02. The van der Waals surface area contributed by atoms with Gasteiger partial charge < -0.3 is 10.6 Å². The van der Waals surface area contributed by atoms with Gasteiger partial charge in [0.25, 0.3) is 15.9 Å². The van der Waals surface area contributed by atoms with Gasteiger partial charge in [-0.1, -0.05) is 18.2 Å². The van der Waals surface area contributed by atoms with Crippen molar-refractivity contribution in [3.8, 4) is 0 Å². The van der Waals surface area contributed by atoms with E-state index in [1.165, 1.54) is 42.5 Å². The quantitative estimate of drug-likeness (QED) is 0.731. The molecule has 0 radical (unpaired) electrons. The predicted molar refractivity (Wildman–Crippen MR) is 102 cm³/mol. The van der Waals surface area contributed by atoms with Gasteiger partial charge in [0.15, 0.2) is 0 Å². The third-order valence-corrected chi connectivity index (χ3v) is 5.97. The van der Waals surface area contributed by atoms with Gasteiger partial charge in [-0.05, 0) is 56.6 Å². The number of hydrogen-bond donors (Lipinski definition) is 3. The van der Waals surface area contributed by atoms with Crippen LogP contribution in [-0.2, 0) is 10.0 Å². The number of halogens is 1. The molecule has 144 valence electrons. The van der Waals surface area contributed by atoms with E-state index in [0.717, 1.165) is 19.4 Å². The molecule has 1 aliphatic rings. The summed E-state index contributed by atoms with van der Waals surface area (Å²) in [6.07, 6.45) is 1.84. The number of amides is 1. The van der Waals surface area contributed by atoms with E-state index >= 15 is 0 Å². The van der Waals surface area contributed by atoms with Crippen molar-refractivity contribution in [2.24, 2.45) is 0 Å². The Morgan fingerprint density at radius 3 is 2.70 bits per heavy atom. The fourth-order valence-electron chi connectivity index (χ4n) is 3.05. The Bertz CT molecular complexity index is 933. The van der Waals surface area contributed by atoms with E-state index in [9.17, 15) is 17.6 Å². The molecule has 0 bridgehead atoms. The SMILES string of the molecule is CC1NCCCC1NC(=O)c1cccc(S(=O)(=O)Nc2ccccc2F)c1. The summed E-state index contributed by atoms with van der Waals surface area (Å²) in [5.41, 5.74) is 0.0960. The molecule has 2 aromatic rings. The number of anilines is 1. The molecule has 0 aliphatic carbocycles. The van der Waals surface area contributed by atoms with Crippen molar-refractivity contribution in [1.82, 2.24) is 10.6 Å². The van der Waals surface area contributed by atoms with Gasteiger partial charge in [-0.2, -0.15) is 0 Å². The second-order valence-electron chi connectivity index (χ2n) is 6.58. The third kappa shape index (κ3) is 4.64. The topological polar surface area (TPSA) is 87.3 Å². The lowest BCUT2D eigenvalue weighted by Crippen LogP contribution is -2.51. The highest BCUT2D eigenvalue weighted by molar-refractivity contribution is 7.92. The van der Waals surface area contributed by atoms with Gasteiger partial charge >= 0.3 is 0 Å². The lowest BCUT2D eigenvalue weighted by Gasteiger charge is -2.30. The van der Waals surface area contributed by atoms with Crippen molar-refractivity contribution in [2.75, 3.05) is 11.3 Å². The van der Waals surface area contributed by atoms with Crippen LogP contribution in [0.2, 0.25) is 0 Å². The Morgan fingerprint density at radius 1 is 1.19 bits per heavy atom. The second kappa shape index (κ2) is 8.06. The molecule has 1 aliphatic heterocycles. The Morgan fingerprint density at radius 2 is 1.96 bits per heavy atom. The Labute approximate surface area is 158 Å². The van der Waals surface area contributed by atoms with Crippen LogP contribution in [0.1, 0.15) is 30.1 Å². The minimum absolute atomic E-state index is 0.0111. The number of nitrogens with one attached hydrogen (secondary N) is 3. The van der Waals surface area contributed by atoms with Gasteiger partial charge in [0.05, 0.1) is 10.6 Å². The van der Waals surface area contributed by atoms with E-state index in [1.54, 1.807) is 6.07 Å². The maximum Gasteiger partial charge on any atom is 0.262 e. The van der Waals surface area contributed by atoms with Crippen LogP contribution < -0.4 is 15.4 Å². The number of carbonyl (C=O) groups excluding carboxylic acids is 1. The summed E-state index contributed by atoms with van der Waals surface area (Å²) < 4.78 is 41.1. The summed E-state index contributed by atoms with van der Waals surface area (Å²) in [5.74, 6) is -1.01. The molecular weight excluding hydrogens is 369 g/mol. The number of benzene rings is 2. The summed E-state index contributed by atoms with van der Waals surface area (Å²) in [6.45, 7) is 2.92. The number of hydrogen-bond acceptors (Lipinski definition) is 4. The molecule has 3 rings (SSSR count). The number of para-hydroxylation sites is 1. The molecule has 0 spiro atoms. The molecule has 1 saturated heterocycles. The van der Waals surface area contributed by atoms with E-state index in [1.807, 2.05) is 6.92 Å². The van der Waals surface area contributed by atoms with Crippen LogP contribution >= 0.6 is 0 Å². The zero-order chi connectivity index (χ0) is 19.4. The van der Waals surface area contributed by atoms with Crippen LogP contribution in [0, 0.1) is 5.82 Å². The maximum atomic E-state index is 13.7. The standard InChI is InChI=1S/C19H22FN3O3S/c1-13-17(10-5-11-21-13)22-19(24)14-6-4-7-15(12-14)27(25,26)23-18-9-3-2-8-16(18)20/h2-4,6-9,12-13,17,21,23H,5,10-11H2,1H3,(H,22,24). The number of piperidine rings is 1. The molecule has 1 amide bonds. The number of carbonyl (C=O) groups is 1. The first-order valence-corrected chi connectivity index (χ1v) is 10.3. The second-order valence-corrected chi connectivity index (χ2v) is 8.26. The van der Waals surface area contributed by atoms with Crippen LogP contribution in [0.25, 0.3) is 0 Å². The Balaban J connectivity index is 1.78. The predicted octanol–water partition coefficient (Wildman–Crippen LogP) is 2.50. The average Bonchev–Trinajstić information content (AvgIpc) is 2.65. The van der Waals surface area contributed by atoms with Crippen molar-refractivity contribution in [3.63, 3.8) is 0 Å². The number of sulfonamides is 1. The van der Waals surface area contributed by atoms with Crippen LogP contribution in [-0.4, -0.2) is 33.0 Å². The first kappa shape index (κ1) is 19.3. The van der Waals surface area contributed by atoms with Crippen LogP contribution in [0.5, 0.6) is 0 Å². The molecule has 0 aromatic heterocycles. The molecule has 2 atom stereocenters. The normalized spacial score (nSPS) is 20.1. The first-order valence-electron chi connectivity index (χ1n) is 8.78. The minimum atomic E-state index is -4.02. The molecule has 2 aromatic carbocycles. The highest BCUT2D eigenvalue weighted by atomic mass is 32.2. The molecule has 1 heterocycles. The van der Waals surface area contributed by atoms with Gasteiger partial charge in [0.2, 0.25) is 0 Å². The molecule has 8 heteroatoms. The van der Waals surface area contributed by atoms with Crippen LogP contribution in [0.15, 0.2) is 53.4 Å². The van der Waals surface area contributed by atoms with E-state index in [2.05, 4.69) is 15.4 Å². The molecule has 27 heavy (non-hydrogen) atoms. The maximum absolute atomic E-state index is 13.7. The molecule has 1 fully saturated rings. The van der Waals surface area contributed by atoms with Crippen molar-refractivity contribution >= 4 is 21.6 Å². The monoisotopic (exact) mass is 391 g/mol. The highest BCUT2D eigenvalue weighted by Gasteiger charge is 2.24. The molecule has 0 saturated carbocycles.